The molecule has 1 aliphatic carbocycles. The fourth-order valence-electron chi connectivity index (χ4n) is 1.75. The second-order valence-corrected chi connectivity index (χ2v) is 3.88. The predicted octanol–water partition coefficient (Wildman–Crippen LogP) is 1.80. The van der Waals surface area contributed by atoms with Crippen LogP contribution in [0.25, 0.3) is 0 Å². The van der Waals surface area contributed by atoms with Crippen LogP contribution < -0.4 is 5.32 Å². The summed E-state index contributed by atoms with van der Waals surface area (Å²) >= 11 is 0. The summed E-state index contributed by atoms with van der Waals surface area (Å²) < 4.78 is 5.09. The van der Waals surface area contributed by atoms with E-state index >= 15 is 0 Å². The second kappa shape index (κ2) is 4.83. The largest absolute Gasteiger partial charge is 0.383 e. The summed E-state index contributed by atoms with van der Waals surface area (Å²) in [7, 11) is 1.76. The highest BCUT2D eigenvalue weighted by Gasteiger charge is 2.30. The molecule has 0 aromatic heterocycles. The third-order valence-electron chi connectivity index (χ3n) is 2.55. The van der Waals surface area contributed by atoms with Crippen molar-refractivity contribution in [2.75, 3.05) is 13.7 Å². The molecule has 2 heteroatoms. The molecular formula is C10H21NO. The van der Waals surface area contributed by atoms with E-state index in [1.54, 1.807) is 7.11 Å². The topological polar surface area (TPSA) is 21.3 Å². The molecule has 0 heterocycles. The molecule has 2 nitrogen and oxygen atoms in total. The van der Waals surface area contributed by atoms with Gasteiger partial charge in [0.15, 0.2) is 0 Å². The van der Waals surface area contributed by atoms with Crippen LogP contribution in [0, 0.1) is 5.92 Å². The minimum absolute atomic E-state index is 0.501. The van der Waals surface area contributed by atoms with Crippen molar-refractivity contribution in [2.45, 2.75) is 45.2 Å². The van der Waals surface area contributed by atoms with Gasteiger partial charge in [0.05, 0.1) is 6.61 Å². The van der Waals surface area contributed by atoms with E-state index in [2.05, 4.69) is 19.2 Å². The van der Waals surface area contributed by atoms with Crippen LogP contribution >= 0.6 is 0 Å². The number of hydrogen-bond acceptors (Lipinski definition) is 2. The SMILES string of the molecule is CCC(NC(C)COC)C1CC1. The number of rotatable bonds is 6. The van der Waals surface area contributed by atoms with E-state index in [1.165, 1.54) is 19.3 Å². The third-order valence-corrected chi connectivity index (χ3v) is 2.55. The molecule has 0 aromatic rings. The summed E-state index contributed by atoms with van der Waals surface area (Å²) in [6.45, 7) is 5.27. The van der Waals surface area contributed by atoms with Crippen molar-refractivity contribution in [1.29, 1.82) is 0 Å². The Morgan fingerprint density at radius 2 is 2.17 bits per heavy atom. The van der Waals surface area contributed by atoms with Gasteiger partial charge in [0, 0.05) is 19.2 Å². The Morgan fingerprint density at radius 3 is 2.58 bits per heavy atom. The zero-order valence-electron chi connectivity index (χ0n) is 8.47. The molecule has 0 aliphatic heterocycles. The molecule has 0 radical (unpaired) electrons. The van der Waals surface area contributed by atoms with Gasteiger partial charge in [0.2, 0.25) is 0 Å². The molecule has 0 amide bonds. The maximum atomic E-state index is 5.09. The van der Waals surface area contributed by atoms with Crippen LogP contribution in [0.2, 0.25) is 0 Å². The minimum Gasteiger partial charge on any atom is -0.383 e. The zero-order chi connectivity index (χ0) is 8.97. The van der Waals surface area contributed by atoms with E-state index in [0.717, 1.165) is 18.6 Å². The molecule has 1 fully saturated rings. The number of hydrogen-bond donors (Lipinski definition) is 1. The van der Waals surface area contributed by atoms with Crippen LogP contribution in [0.5, 0.6) is 0 Å². The van der Waals surface area contributed by atoms with Gasteiger partial charge >= 0.3 is 0 Å². The van der Waals surface area contributed by atoms with Crippen LogP contribution in [-0.2, 0) is 4.74 Å². The van der Waals surface area contributed by atoms with Crippen molar-refractivity contribution >= 4 is 0 Å². The van der Waals surface area contributed by atoms with Crippen molar-refractivity contribution in [2.24, 2.45) is 5.92 Å². The lowest BCUT2D eigenvalue weighted by molar-refractivity contribution is 0.164. The molecule has 1 N–H and O–H groups in total. The molecule has 0 aromatic carbocycles. The first-order chi connectivity index (χ1) is 5.77. The first kappa shape index (κ1) is 10.0. The van der Waals surface area contributed by atoms with E-state index in [-0.39, 0.29) is 0 Å². The summed E-state index contributed by atoms with van der Waals surface area (Å²) in [5.41, 5.74) is 0. The van der Waals surface area contributed by atoms with Gasteiger partial charge in [-0.25, -0.2) is 0 Å². The highest BCUT2D eigenvalue weighted by Crippen LogP contribution is 2.33. The second-order valence-electron chi connectivity index (χ2n) is 3.88. The molecule has 0 saturated heterocycles. The van der Waals surface area contributed by atoms with E-state index < -0.39 is 0 Å². The van der Waals surface area contributed by atoms with Gasteiger partial charge in [-0.05, 0) is 32.1 Å². The summed E-state index contributed by atoms with van der Waals surface area (Å²) in [5.74, 6) is 0.953. The average molecular weight is 171 g/mol. The van der Waals surface area contributed by atoms with Crippen molar-refractivity contribution in [3.05, 3.63) is 0 Å². The standard InChI is InChI=1S/C10H21NO/c1-4-10(9-5-6-9)11-8(2)7-12-3/h8-11H,4-7H2,1-3H3. The number of nitrogens with one attached hydrogen (secondary N) is 1. The first-order valence-corrected chi connectivity index (χ1v) is 5.03. The Morgan fingerprint density at radius 1 is 1.50 bits per heavy atom. The molecule has 72 valence electrons. The summed E-state index contributed by atoms with van der Waals surface area (Å²) in [6.07, 6.45) is 4.09. The normalized spacial score (nSPS) is 22.2. The third kappa shape index (κ3) is 3.11. The van der Waals surface area contributed by atoms with E-state index in [9.17, 15) is 0 Å². The van der Waals surface area contributed by atoms with Crippen LogP contribution in [-0.4, -0.2) is 25.8 Å². The fourth-order valence-corrected chi connectivity index (χ4v) is 1.75. The summed E-state index contributed by atoms with van der Waals surface area (Å²) in [4.78, 5) is 0. The molecule has 0 spiro atoms. The van der Waals surface area contributed by atoms with Gasteiger partial charge in [0.25, 0.3) is 0 Å². The minimum atomic E-state index is 0.501. The quantitative estimate of drug-likeness (QED) is 0.658. The Balaban J connectivity index is 2.16. The Labute approximate surface area is 75.7 Å². The Hall–Kier alpha value is -0.0800. The van der Waals surface area contributed by atoms with Gasteiger partial charge < -0.3 is 10.1 Å². The molecular weight excluding hydrogens is 150 g/mol. The molecule has 0 bridgehead atoms. The highest BCUT2D eigenvalue weighted by atomic mass is 16.5. The van der Waals surface area contributed by atoms with Gasteiger partial charge in [0.1, 0.15) is 0 Å². The lowest BCUT2D eigenvalue weighted by atomic mass is 10.1. The fraction of sp³-hybridized carbons (Fsp3) is 1.00. The van der Waals surface area contributed by atoms with Crippen LogP contribution in [0.1, 0.15) is 33.1 Å². The van der Waals surface area contributed by atoms with Gasteiger partial charge in [-0.1, -0.05) is 6.92 Å². The number of methoxy groups -OCH3 is 1. The van der Waals surface area contributed by atoms with E-state index in [0.29, 0.717) is 6.04 Å². The van der Waals surface area contributed by atoms with Crippen LogP contribution in [0.15, 0.2) is 0 Å². The lowest BCUT2D eigenvalue weighted by Gasteiger charge is -2.21. The maximum Gasteiger partial charge on any atom is 0.0613 e. The summed E-state index contributed by atoms with van der Waals surface area (Å²) in [5, 5.41) is 3.60. The maximum absolute atomic E-state index is 5.09. The van der Waals surface area contributed by atoms with Crippen molar-refractivity contribution < 1.29 is 4.74 Å². The summed E-state index contributed by atoms with van der Waals surface area (Å²) in [6, 6.07) is 1.23. The van der Waals surface area contributed by atoms with Crippen LogP contribution in [0.4, 0.5) is 0 Å². The molecule has 2 atom stereocenters. The first-order valence-electron chi connectivity index (χ1n) is 5.03. The van der Waals surface area contributed by atoms with Gasteiger partial charge in [-0.2, -0.15) is 0 Å². The van der Waals surface area contributed by atoms with Crippen molar-refractivity contribution in [3.63, 3.8) is 0 Å². The van der Waals surface area contributed by atoms with E-state index in [1.807, 2.05) is 0 Å². The van der Waals surface area contributed by atoms with Gasteiger partial charge in [-0.15, -0.1) is 0 Å². The number of ether oxygens (including phenoxy) is 1. The van der Waals surface area contributed by atoms with Crippen molar-refractivity contribution in [1.82, 2.24) is 5.32 Å². The lowest BCUT2D eigenvalue weighted by Crippen LogP contribution is -2.39. The smallest absolute Gasteiger partial charge is 0.0613 e. The zero-order valence-corrected chi connectivity index (χ0v) is 8.47. The molecule has 2 unspecified atom stereocenters. The Bertz CT molecular complexity index is 123. The molecule has 12 heavy (non-hydrogen) atoms. The molecule has 1 aliphatic rings. The average Bonchev–Trinajstić information content (AvgIpc) is 2.83. The van der Waals surface area contributed by atoms with Crippen LogP contribution in [0.3, 0.4) is 0 Å². The monoisotopic (exact) mass is 171 g/mol. The molecule has 1 rings (SSSR count). The highest BCUT2D eigenvalue weighted by molar-refractivity contribution is 4.86. The molecule has 1 saturated carbocycles. The predicted molar refractivity (Wildman–Crippen MR) is 51.3 cm³/mol. The Kier molecular flexibility index (Phi) is 4.02. The van der Waals surface area contributed by atoms with Gasteiger partial charge in [-0.3, -0.25) is 0 Å². The van der Waals surface area contributed by atoms with Crippen molar-refractivity contribution in [3.8, 4) is 0 Å². The van der Waals surface area contributed by atoms with E-state index in [4.69, 9.17) is 4.74 Å².